The largest absolute Gasteiger partial charge is 0.493 e. The molecule has 0 heterocycles. The van der Waals surface area contributed by atoms with Gasteiger partial charge in [0, 0.05) is 0 Å². The number of hydrazone groups is 1. The minimum atomic E-state index is 0.104. The fourth-order valence-corrected chi connectivity index (χ4v) is 3.32. The molecule has 7 heteroatoms. The molecule has 0 aliphatic carbocycles. The minimum absolute atomic E-state index is 0.104. The average Bonchev–Trinajstić information content (AvgIpc) is 2.66. The van der Waals surface area contributed by atoms with Gasteiger partial charge >= 0.3 is 0 Å². The quantitative estimate of drug-likeness (QED) is 0.336. The van der Waals surface area contributed by atoms with Crippen molar-refractivity contribution in [2.75, 3.05) is 7.11 Å². The number of nitrogens with zero attached hydrogens (tertiary/aromatic N) is 1. The van der Waals surface area contributed by atoms with Crippen molar-refractivity contribution in [1.82, 2.24) is 5.43 Å². The molecule has 0 saturated carbocycles. The molecule has 0 aliphatic rings. The number of thiocarbonyl (C=S) groups is 1. The second-order valence-electron chi connectivity index (χ2n) is 5.70. The molecule has 5 nitrogen and oxygen atoms in total. The lowest BCUT2D eigenvalue weighted by Gasteiger charge is -2.14. The Labute approximate surface area is 171 Å². The zero-order valence-electron chi connectivity index (χ0n) is 14.6. The molecule has 0 amide bonds. The van der Waals surface area contributed by atoms with Crippen LogP contribution in [-0.4, -0.2) is 18.4 Å². The maximum atomic E-state index is 6.08. The van der Waals surface area contributed by atoms with E-state index < -0.39 is 0 Å². The van der Waals surface area contributed by atoms with Crippen LogP contribution >= 0.6 is 28.1 Å². The molecule has 3 N–H and O–H groups in total. The van der Waals surface area contributed by atoms with Crippen LogP contribution in [0.1, 0.15) is 11.1 Å². The Morgan fingerprint density at radius 1 is 1.22 bits per heavy atom. The van der Waals surface area contributed by atoms with E-state index in [-0.39, 0.29) is 5.11 Å². The molecule has 0 aliphatic heterocycles. The van der Waals surface area contributed by atoms with E-state index in [1.54, 1.807) is 13.3 Å². The van der Waals surface area contributed by atoms with Gasteiger partial charge in [-0.25, -0.2) is 0 Å². The van der Waals surface area contributed by atoms with Gasteiger partial charge in [0.2, 0.25) is 0 Å². The molecular formula is C20H18BrN3O2S. The molecule has 3 rings (SSSR count). The van der Waals surface area contributed by atoms with Crippen LogP contribution in [0.5, 0.6) is 11.5 Å². The Bertz CT molecular complexity index is 1000. The summed E-state index contributed by atoms with van der Waals surface area (Å²) >= 11 is 8.26. The topological polar surface area (TPSA) is 68.9 Å². The Morgan fingerprint density at radius 3 is 2.78 bits per heavy atom. The highest BCUT2D eigenvalue weighted by molar-refractivity contribution is 9.10. The van der Waals surface area contributed by atoms with Crippen LogP contribution in [0.3, 0.4) is 0 Å². The van der Waals surface area contributed by atoms with Gasteiger partial charge < -0.3 is 15.2 Å². The minimum Gasteiger partial charge on any atom is -0.493 e. The number of ether oxygens (including phenoxy) is 2. The number of nitrogens with one attached hydrogen (secondary N) is 1. The standard InChI is InChI=1S/C20H18BrN3O2S/c1-25-18-10-13(11-23-24-20(22)27)9-17(21)19(18)26-12-15-7-4-6-14-5-2-3-8-16(14)15/h2-11H,12H2,1H3,(H3,22,24,27)/b23-11+. The first-order valence-electron chi connectivity index (χ1n) is 8.14. The SMILES string of the molecule is COc1cc(/C=N/NC(N)=S)cc(Br)c1OCc1cccc2ccccc12. The summed E-state index contributed by atoms with van der Waals surface area (Å²) in [5, 5.41) is 6.41. The lowest BCUT2D eigenvalue weighted by Crippen LogP contribution is -2.23. The van der Waals surface area contributed by atoms with E-state index >= 15 is 0 Å². The van der Waals surface area contributed by atoms with E-state index in [9.17, 15) is 0 Å². The van der Waals surface area contributed by atoms with Crippen molar-refractivity contribution >= 4 is 50.2 Å². The highest BCUT2D eigenvalue weighted by Gasteiger charge is 2.12. The van der Waals surface area contributed by atoms with Crippen molar-refractivity contribution in [3.8, 4) is 11.5 Å². The molecule has 0 unspecified atom stereocenters. The van der Waals surface area contributed by atoms with E-state index in [2.05, 4.69) is 50.7 Å². The predicted octanol–water partition coefficient (Wildman–Crippen LogP) is 4.36. The lowest BCUT2D eigenvalue weighted by molar-refractivity contribution is 0.283. The zero-order valence-corrected chi connectivity index (χ0v) is 17.0. The summed E-state index contributed by atoms with van der Waals surface area (Å²) < 4.78 is 12.3. The number of rotatable bonds is 6. The van der Waals surface area contributed by atoms with E-state index in [0.29, 0.717) is 18.1 Å². The second kappa shape index (κ2) is 8.83. The van der Waals surface area contributed by atoms with Gasteiger partial charge in [-0.05, 0) is 62.2 Å². The van der Waals surface area contributed by atoms with E-state index in [1.165, 1.54) is 10.8 Å². The van der Waals surface area contributed by atoms with Crippen molar-refractivity contribution in [1.29, 1.82) is 0 Å². The smallest absolute Gasteiger partial charge is 0.184 e. The molecular weight excluding hydrogens is 426 g/mol. The molecule has 0 saturated heterocycles. The van der Waals surface area contributed by atoms with E-state index in [0.717, 1.165) is 15.6 Å². The molecule has 0 bridgehead atoms. The van der Waals surface area contributed by atoms with Crippen LogP contribution in [0.2, 0.25) is 0 Å². The summed E-state index contributed by atoms with van der Waals surface area (Å²) in [5.74, 6) is 1.23. The number of methoxy groups -OCH3 is 1. The van der Waals surface area contributed by atoms with Gasteiger partial charge in [-0.3, -0.25) is 5.43 Å². The maximum Gasteiger partial charge on any atom is 0.184 e. The summed E-state index contributed by atoms with van der Waals surface area (Å²) in [6.07, 6.45) is 1.60. The van der Waals surface area contributed by atoms with E-state index in [4.69, 9.17) is 27.4 Å². The Kier molecular flexibility index (Phi) is 6.26. The van der Waals surface area contributed by atoms with Crippen molar-refractivity contribution in [2.24, 2.45) is 10.8 Å². The number of hydrogen-bond donors (Lipinski definition) is 2. The molecule has 0 aromatic heterocycles. The van der Waals surface area contributed by atoms with Gasteiger partial charge in [0.25, 0.3) is 0 Å². The van der Waals surface area contributed by atoms with Crippen molar-refractivity contribution in [2.45, 2.75) is 6.61 Å². The zero-order chi connectivity index (χ0) is 19.2. The highest BCUT2D eigenvalue weighted by atomic mass is 79.9. The first-order chi connectivity index (χ1) is 13.1. The third kappa shape index (κ3) is 4.75. The maximum absolute atomic E-state index is 6.08. The number of nitrogens with two attached hydrogens (primary N) is 1. The molecule has 27 heavy (non-hydrogen) atoms. The summed E-state index contributed by atoms with van der Waals surface area (Å²) in [7, 11) is 1.60. The summed E-state index contributed by atoms with van der Waals surface area (Å²) in [6, 6.07) is 18.1. The normalized spacial score (nSPS) is 10.9. The highest BCUT2D eigenvalue weighted by Crippen LogP contribution is 2.37. The van der Waals surface area contributed by atoms with Crippen LogP contribution in [0.25, 0.3) is 10.8 Å². The summed E-state index contributed by atoms with van der Waals surface area (Å²) in [6.45, 7) is 0.423. The number of hydrogen-bond acceptors (Lipinski definition) is 4. The van der Waals surface area contributed by atoms with Gasteiger partial charge in [-0.2, -0.15) is 5.10 Å². The van der Waals surface area contributed by atoms with Gasteiger partial charge in [0.15, 0.2) is 16.6 Å². The molecule has 3 aromatic carbocycles. The van der Waals surface area contributed by atoms with Crippen LogP contribution in [0.15, 0.2) is 64.2 Å². The van der Waals surface area contributed by atoms with Gasteiger partial charge in [-0.15, -0.1) is 0 Å². The molecule has 0 radical (unpaired) electrons. The Balaban J connectivity index is 1.84. The Morgan fingerprint density at radius 2 is 2.00 bits per heavy atom. The van der Waals surface area contributed by atoms with Crippen LogP contribution in [-0.2, 0) is 6.61 Å². The monoisotopic (exact) mass is 443 g/mol. The molecule has 138 valence electrons. The van der Waals surface area contributed by atoms with Gasteiger partial charge in [0.1, 0.15) is 6.61 Å². The number of fused-ring (bicyclic) bond motifs is 1. The molecule has 0 fully saturated rings. The van der Waals surface area contributed by atoms with Crippen molar-refractivity contribution in [3.63, 3.8) is 0 Å². The van der Waals surface area contributed by atoms with Crippen LogP contribution in [0, 0.1) is 0 Å². The third-order valence-electron chi connectivity index (χ3n) is 3.89. The van der Waals surface area contributed by atoms with Crippen molar-refractivity contribution in [3.05, 3.63) is 70.2 Å². The van der Waals surface area contributed by atoms with Gasteiger partial charge in [-0.1, -0.05) is 42.5 Å². The summed E-state index contributed by atoms with van der Waals surface area (Å²) in [5.41, 5.74) is 9.78. The molecule has 3 aromatic rings. The fourth-order valence-electron chi connectivity index (χ4n) is 2.69. The molecule has 0 spiro atoms. The first kappa shape index (κ1) is 19.1. The Hall–Kier alpha value is -2.64. The van der Waals surface area contributed by atoms with E-state index in [1.807, 2.05) is 30.3 Å². The fraction of sp³-hybridized carbons (Fsp3) is 0.100. The number of benzene rings is 3. The number of halogens is 1. The molecule has 0 atom stereocenters. The average molecular weight is 444 g/mol. The second-order valence-corrected chi connectivity index (χ2v) is 6.99. The van der Waals surface area contributed by atoms with Gasteiger partial charge in [0.05, 0.1) is 17.8 Å². The third-order valence-corrected chi connectivity index (χ3v) is 4.57. The lowest BCUT2D eigenvalue weighted by atomic mass is 10.1. The first-order valence-corrected chi connectivity index (χ1v) is 9.34. The predicted molar refractivity (Wildman–Crippen MR) is 116 cm³/mol. The summed E-state index contributed by atoms with van der Waals surface area (Å²) in [4.78, 5) is 0. The van der Waals surface area contributed by atoms with Crippen LogP contribution in [0.4, 0.5) is 0 Å². The van der Waals surface area contributed by atoms with Crippen molar-refractivity contribution < 1.29 is 9.47 Å². The van der Waals surface area contributed by atoms with Crippen LogP contribution < -0.4 is 20.6 Å².